The van der Waals surface area contributed by atoms with E-state index in [-0.39, 0.29) is 113 Å². The summed E-state index contributed by atoms with van der Waals surface area (Å²) in [5.74, 6) is 11.5. The third-order valence-corrected chi connectivity index (χ3v) is 36.3. The number of halogens is 2. The van der Waals surface area contributed by atoms with E-state index in [2.05, 4.69) is 95.3 Å². The second-order valence-corrected chi connectivity index (χ2v) is 45.6. The van der Waals surface area contributed by atoms with Gasteiger partial charge >= 0.3 is 0 Å². The molecule has 0 aromatic heterocycles. The van der Waals surface area contributed by atoms with Crippen LogP contribution in [0.4, 0.5) is 49.9 Å². The molecule has 8 fully saturated rings. The summed E-state index contributed by atoms with van der Waals surface area (Å²) in [6, 6.07) is 54.2. The van der Waals surface area contributed by atoms with Crippen molar-refractivity contribution in [3.63, 3.8) is 0 Å². The van der Waals surface area contributed by atoms with Crippen molar-refractivity contribution < 1.29 is 130 Å². The first-order valence-corrected chi connectivity index (χ1v) is 52.8. The second-order valence-electron chi connectivity index (χ2n) is 45.2. The van der Waals surface area contributed by atoms with Crippen LogP contribution in [0.15, 0.2) is 210 Å². The molecule has 8 saturated carbocycles. The number of rotatable bonds is 16. The smallest absolute Gasteiger partial charge is 0.125 e. The van der Waals surface area contributed by atoms with Gasteiger partial charge in [0.25, 0.3) is 0 Å². The molecule has 16 aliphatic rings. The molecule has 0 heterocycles. The molecule has 762 valence electrons. The van der Waals surface area contributed by atoms with E-state index in [0.717, 1.165) is 61.7 Å². The van der Waals surface area contributed by atoms with Crippen LogP contribution in [0.25, 0.3) is 0 Å². The Bertz CT molecular complexity index is 7240. The molecule has 16 nitrogen and oxygen atoms in total. The fraction of sp³-hybridized carbons (Fsp3) is 0.360. The predicted octanol–water partition coefficient (Wildman–Crippen LogP) is 31.7. The Morgan fingerprint density at radius 3 is 0.694 bits per heavy atom. The van der Waals surface area contributed by atoms with Gasteiger partial charge in [0.1, 0.15) is 51.8 Å². The molecule has 8 N–H and O–H groups in total. The van der Waals surface area contributed by atoms with Crippen LogP contribution in [-0.2, 0) is 89.7 Å². The van der Waals surface area contributed by atoms with Crippen molar-refractivity contribution in [3.05, 3.63) is 325 Å². The van der Waals surface area contributed by atoms with Crippen molar-refractivity contribution in [2.75, 3.05) is 0 Å². The van der Waals surface area contributed by atoms with Gasteiger partial charge in [-0.25, -0.2) is 4.39 Å². The summed E-state index contributed by atoms with van der Waals surface area (Å²) in [6.45, 7) is 8.60. The first-order chi connectivity index (χ1) is 69.3. The number of phenolic OH excluding ortho intramolecular Hbond substituents is 8. The molecular formula is C125H120ClFN8O8Pt4. The van der Waals surface area contributed by atoms with Gasteiger partial charge in [-0.15, -0.1) is 0 Å². The summed E-state index contributed by atoms with van der Waals surface area (Å²) in [6.07, 6.45) is 43.2. The van der Waals surface area contributed by atoms with E-state index < -0.39 is 5.82 Å². The number of para-hydroxylation sites is 1. The second kappa shape index (κ2) is 41.3. The Hall–Kier alpha value is -10.6. The summed E-state index contributed by atoms with van der Waals surface area (Å²) in [4.78, 5) is 37.6. The van der Waals surface area contributed by atoms with Gasteiger partial charge < -0.3 is 40.9 Å². The summed E-state index contributed by atoms with van der Waals surface area (Å²) < 4.78 is 14.1. The van der Waals surface area contributed by atoms with E-state index in [1.165, 1.54) is 261 Å². The van der Waals surface area contributed by atoms with Crippen molar-refractivity contribution in [2.24, 2.45) is 39.9 Å². The van der Waals surface area contributed by atoms with Crippen LogP contribution in [0, 0.1) is 12.7 Å². The zero-order valence-corrected chi connectivity index (χ0v) is 92.5. The van der Waals surface area contributed by atoms with Crippen LogP contribution in [0.1, 0.15) is 414 Å². The standard InChI is InChI=1S/C34H36N2O2.C31H30N2O2.C30H27ClN2O2.C30H27FN2O2.4Pt/c1-34(2,3)25-8-9-30(35-17-23-12-26-19-4-6-21(10-19)28(26)15-32(23)37)31(14-25)36-18-24-13-27-20-5-7-22(11-20)29(27)16-33(24)38;1-17-3-2-4-28(32-15-22-11-24-18-5-7-20(9-18)26(24)13-29(22)34)31(17)33-16-23-12-25-19-6-8-21(10-19)27(25)14-30(23)35;2*31-22-5-6-27(32-14-20-9-23-16-1-3-18(7-16)25(23)12-29(20)34)28(11-22)33-15-21-10-24-17-2-4-19(8-17)26(24)13-30(21)35;;;;/h8-9,12-22,37-38H,4-7,10-11H2,1-3H3;2-4,11-16,18-21,34-35H,5-10H2,1H3;2*5-6,9-19,34-35H,1-4,7-8H2;;;;. The number of hydrogen-bond acceptors (Lipinski definition) is 16. The molecule has 147 heavy (non-hydrogen) atoms. The van der Waals surface area contributed by atoms with Gasteiger partial charge in [0.15, 0.2) is 0 Å². The number of phenols is 8. The Morgan fingerprint density at radius 1 is 0.238 bits per heavy atom. The fourth-order valence-electron chi connectivity index (χ4n) is 28.6. The SMILES string of the molecule is CC(C)(C)c1ccc(N=Cc2cc3c(cc2O)C2CCC3C2)c(N=Cc2cc3c(cc2O)C2CCC3C2)c1.Cc1cccc(N=Cc2cc3c(cc2O)C2CCC3C2)c1N=Cc1cc2c(cc1O)C1CCC2C1.Oc1cc2c(cc1C=Nc1ccc(Cl)cc1N=Cc1cc3c(cc1O)C1CCC3C1)C1CCC2C1.Oc1cc2c(cc1C=Nc1ccc(F)cc1N=Cc1cc3c(cc1O)C1CCC3C1)C1CCC2C1.[Pt].[Pt].[Pt].[Pt]. The predicted molar refractivity (Wildman–Crippen MR) is 572 cm³/mol. The molecule has 0 spiro atoms. The Morgan fingerprint density at radius 2 is 0.442 bits per heavy atom. The van der Waals surface area contributed by atoms with Crippen molar-refractivity contribution in [1.82, 2.24) is 0 Å². The average Bonchev–Trinajstić information content (AvgIpc) is 1.65. The van der Waals surface area contributed by atoms with Crippen LogP contribution in [0.2, 0.25) is 5.02 Å². The summed E-state index contributed by atoms with van der Waals surface area (Å²) >= 11 is 6.28. The maximum Gasteiger partial charge on any atom is 0.125 e. The monoisotopic (exact) mass is 2690 g/mol. The van der Waals surface area contributed by atoms with Gasteiger partial charge in [0.05, 0.1) is 45.5 Å². The minimum absolute atomic E-state index is 0. The molecule has 16 bridgehead atoms. The topological polar surface area (TPSA) is 261 Å². The van der Waals surface area contributed by atoms with Gasteiger partial charge in [-0.05, 0) is 507 Å². The zero-order chi connectivity index (χ0) is 97.2. The van der Waals surface area contributed by atoms with Crippen LogP contribution >= 0.6 is 11.6 Å². The summed E-state index contributed by atoms with van der Waals surface area (Å²) in [5.41, 5.74) is 34.6. The van der Waals surface area contributed by atoms with Crippen LogP contribution < -0.4 is 0 Å². The number of aromatic hydroxyl groups is 8. The van der Waals surface area contributed by atoms with Crippen molar-refractivity contribution in [2.45, 2.75) is 282 Å². The maximum absolute atomic E-state index is 14.1. The molecule has 0 radical (unpaired) electrons. The van der Waals surface area contributed by atoms with Crippen molar-refractivity contribution >= 4 is 107 Å². The number of nitrogens with zero attached hydrogens (tertiary/aromatic N) is 8. The Labute approximate surface area is 921 Å². The average molecular weight is 2700 g/mol. The van der Waals surface area contributed by atoms with Gasteiger partial charge in [-0.1, -0.05) is 50.6 Å². The molecule has 12 aromatic rings. The van der Waals surface area contributed by atoms with E-state index in [9.17, 15) is 45.2 Å². The molecule has 16 unspecified atom stereocenters. The van der Waals surface area contributed by atoms with E-state index in [0.29, 0.717) is 157 Å². The molecule has 16 aliphatic carbocycles. The Kier molecular flexibility index (Phi) is 28.7. The first kappa shape index (κ1) is 102. The summed E-state index contributed by atoms with van der Waals surface area (Å²) in [7, 11) is 0. The van der Waals surface area contributed by atoms with Crippen LogP contribution in [-0.4, -0.2) is 90.6 Å². The molecule has 0 aliphatic heterocycles. The van der Waals surface area contributed by atoms with Gasteiger partial charge in [-0.2, -0.15) is 0 Å². The minimum atomic E-state index is -0.400. The van der Waals surface area contributed by atoms with E-state index >= 15 is 0 Å². The number of benzene rings is 12. The molecule has 28 rings (SSSR count). The normalized spacial score (nSPS) is 24.9. The van der Waals surface area contributed by atoms with E-state index in [1.807, 2.05) is 91.9 Å². The molecule has 22 heteroatoms. The van der Waals surface area contributed by atoms with Gasteiger partial charge in [-0.3, -0.25) is 39.9 Å². The molecule has 0 amide bonds. The fourth-order valence-corrected chi connectivity index (χ4v) is 28.8. The van der Waals surface area contributed by atoms with Crippen LogP contribution in [0.3, 0.4) is 0 Å². The van der Waals surface area contributed by atoms with Crippen molar-refractivity contribution in [3.8, 4) is 46.0 Å². The van der Waals surface area contributed by atoms with Gasteiger partial charge in [0.2, 0.25) is 0 Å². The number of aliphatic imine (C=N–C) groups is 8. The third kappa shape index (κ3) is 19.4. The molecular weight excluding hydrogens is 2580 g/mol. The minimum Gasteiger partial charge on any atom is -0.507 e. The molecule has 0 saturated heterocycles. The van der Waals surface area contributed by atoms with E-state index in [1.54, 1.807) is 67.9 Å². The number of fused-ring (bicyclic) bond motifs is 40. The quantitative estimate of drug-likeness (QED) is 0.0430. The third-order valence-electron chi connectivity index (χ3n) is 36.0. The molecule has 16 atom stereocenters. The van der Waals surface area contributed by atoms with Gasteiger partial charge in [0, 0.05) is 190 Å². The Balaban J connectivity index is 0.000000114. The summed E-state index contributed by atoms with van der Waals surface area (Å²) in [5, 5.41) is 85.9. The first-order valence-electron chi connectivity index (χ1n) is 52.5. The maximum atomic E-state index is 14.1. The number of aryl methyl sites for hydroxylation is 1. The zero-order valence-electron chi connectivity index (χ0n) is 82.7. The van der Waals surface area contributed by atoms with E-state index in [4.69, 9.17) is 31.6 Å². The van der Waals surface area contributed by atoms with Crippen molar-refractivity contribution in [1.29, 1.82) is 0 Å². The van der Waals surface area contributed by atoms with Crippen LogP contribution in [0.5, 0.6) is 46.0 Å². The largest absolute Gasteiger partial charge is 0.507 e. The molecule has 12 aromatic carbocycles. The number of hydrogen-bond donors (Lipinski definition) is 8.